The van der Waals surface area contributed by atoms with E-state index in [2.05, 4.69) is 42.9 Å². The van der Waals surface area contributed by atoms with Gasteiger partial charge in [0, 0.05) is 31.4 Å². The molecule has 0 bridgehead atoms. The van der Waals surface area contributed by atoms with Gasteiger partial charge in [-0.1, -0.05) is 13.8 Å². The summed E-state index contributed by atoms with van der Waals surface area (Å²) in [6, 6.07) is 8.31. The Morgan fingerprint density at radius 3 is 2.67 bits per heavy atom. The van der Waals surface area contributed by atoms with Crippen LogP contribution < -0.4 is 5.32 Å². The first-order chi connectivity index (χ1) is 8.66. The van der Waals surface area contributed by atoms with Gasteiger partial charge < -0.3 is 14.3 Å². The summed E-state index contributed by atoms with van der Waals surface area (Å²) < 4.78 is 7.63. The van der Waals surface area contributed by atoms with Crippen molar-refractivity contribution in [3.8, 4) is 0 Å². The van der Waals surface area contributed by atoms with Gasteiger partial charge in [0.25, 0.3) is 0 Å². The van der Waals surface area contributed by atoms with E-state index < -0.39 is 0 Å². The Morgan fingerprint density at radius 2 is 2.00 bits per heavy atom. The molecule has 2 aromatic rings. The van der Waals surface area contributed by atoms with Crippen LogP contribution in [0.1, 0.15) is 31.0 Å². The average molecular weight is 246 g/mol. The summed E-state index contributed by atoms with van der Waals surface area (Å²) in [4.78, 5) is 0. The first-order valence-electron chi connectivity index (χ1n) is 6.53. The third-order valence-electron chi connectivity index (χ3n) is 3.12. The third kappa shape index (κ3) is 3.26. The lowest BCUT2D eigenvalue weighted by Gasteiger charge is -2.10. The third-order valence-corrected chi connectivity index (χ3v) is 3.12. The first kappa shape index (κ1) is 13.0. The summed E-state index contributed by atoms with van der Waals surface area (Å²) in [6.45, 7) is 6.42. The lowest BCUT2D eigenvalue weighted by molar-refractivity contribution is 0.514. The Kier molecular flexibility index (Phi) is 4.26. The summed E-state index contributed by atoms with van der Waals surface area (Å²) in [6.07, 6.45) is 2.58. The standard InChI is InChI=1S/C15H22N2O/c1-12(2)10-16-11-14-7-6-13(17(14)3)9-15-5-4-8-18-15/h4-8,12,16H,9-11H2,1-3H3. The second-order valence-corrected chi connectivity index (χ2v) is 5.16. The zero-order valence-electron chi connectivity index (χ0n) is 11.4. The summed E-state index contributed by atoms with van der Waals surface area (Å²) in [5.74, 6) is 1.70. The number of nitrogens with zero attached hydrogens (tertiary/aromatic N) is 1. The molecule has 2 heterocycles. The number of furan rings is 1. The van der Waals surface area contributed by atoms with Gasteiger partial charge in [-0.05, 0) is 36.7 Å². The van der Waals surface area contributed by atoms with Crippen LogP contribution in [0.15, 0.2) is 34.9 Å². The summed E-state index contributed by atoms with van der Waals surface area (Å²) in [7, 11) is 2.12. The number of nitrogens with one attached hydrogen (secondary N) is 1. The fraction of sp³-hybridized carbons (Fsp3) is 0.467. The monoisotopic (exact) mass is 246 g/mol. The fourth-order valence-corrected chi connectivity index (χ4v) is 2.04. The van der Waals surface area contributed by atoms with Gasteiger partial charge in [0.05, 0.1) is 6.26 Å². The predicted molar refractivity (Wildman–Crippen MR) is 73.5 cm³/mol. The van der Waals surface area contributed by atoms with Gasteiger partial charge in [0.15, 0.2) is 0 Å². The van der Waals surface area contributed by atoms with E-state index in [0.717, 1.165) is 25.3 Å². The second-order valence-electron chi connectivity index (χ2n) is 5.16. The summed E-state index contributed by atoms with van der Waals surface area (Å²) in [5.41, 5.74) is 2.60. The molecule has 0 aliphatic carbocycles. The highest BCUT2D eigenvalue weighted by molar-refractivity contribution is 5.20. The molecule has 98 valence electrons. The Morgan fingerprint density at radius 1 is 1.22 bits per heavy atom. The summed E-state index contributed by atoms with van der Waals surface area (Å²) in [5, 5.41) is 3.47. The maximum absolute atomic E-state index is 5.39. The van der Waals surface area contributed by atoms with Crippen LogP contribution in [0.5, 0.6) is 0 Å². The van der Waals surface area contributed by atoms with E-state index in [1.54, 1.807) is 6.26 Å². The van der Waals surface area contributed by atoms with Gasteiger partial charge in [0.2, 0.25) is 0 Å². The highest BCUT2D eigenvalue weighted by atomic mass is 16.3. The Labute approximate surface area is 109 Å². The van der Waals surface area contributed by atoms with E-state index in [4.69, 9.17) is 4.42 Å². The molecule has 2 rings (SSSR count). The van der Waals surface area contributed by atoms with Crippen LogP contribution in [0.3, 0.4) is 0 Å². The van der Waals surface area contributed by atoms with Crippen LogP contribution in [0, 0.1) is 5.92 Å². The van der Waals surface area contributed by atoms with Crippen LogP contribution in [0.25, 0.3) is 0 Å². The molecule has 18 heavy (non-hydrogen) atoms. The molecule has 3 heteroatoms. The van der Waals surface area contributed by atoms with Crippen LogP contribution in [-0.2, 0) is 20.0 Å². The average Bonchev–Trinajstić information content (AvgIpc) is 2.93. The lowest BCUT2D eigenvalue weighted by atomic mass is 10.2. The molecular weight excluding hydrogens is 224 g/mol. The predicted octanol–water partition coefficient (Wildman–Crippen LogP) is 2.95. The second kappa shape index (κ2) is 5.91. The van der Waals surface area contributed by atoms with E-state index in [1.807, 2.05) is 12.1 Å². The minimum atomic E-state index is 0.688. The number of hydrogen-bond donors (Lipinski definition) is 1. The molecule has 0 aliphatic rings. The van der Waals surface area contributed by atoms with Gasteiger partial charge in [-0.25, -0.2) is 0 Å². The van der Waals surface area contributed by atoms with Crippen molar-refractivity contribution in [1.29, 1.82) is 0 Å². The van der Waals surface area contributed by atoms with Gasteiger partial charge in [-0.2, -0.15) is 0 Å². The molecule has 0 saturated carbocycles. The maximum Gasteiger partial charge on any atom is 0.109 e. The highest BCUT2D eigenvalue weighted by Gasteiger charge is 2.06. The minimum absolute atomic E-state index is 0.688. The zero-order chi connectivity index (χ0) is 13.0. The molecule has 0 amide bonds. The summed E-state index contributed by atoms with van der Waals surface area (Å²) >= 11 is 0. The normalized spacial score (nSPS) is 11.3. The zero-order valence-corrected chi connectivity index (χ0v) is 11.4. The van der Waals surface area contributed by atoms with Crippen LogP contribution in [-0.4, -0.2) is 11.1 Å². The topological polar surface area (TPSA) is 30.1 Å². The molecule has 3 nitrogen and oxygen atoms in total. The van der Waals surface area contributed by atoms with E-state index >= 15 is 0 Å². The van der Waals surface area contributed by atoms with E-state index in [0.29, 0.717) is 5.92 Å². The van der Waals surface area contributed by atoms with Gasteiger partial charge in [0.1, 0.15) is 5.76 Å². The molecule has 0 unspecified atom stereocenters. The van der Waals surface area contributed by atoms with E-state index in [1.165, 1.54) is 11.4 Å². The van der Waals surface area contributed by atoms with Gasteiger partial charge in [-0.3, -0.25) is 0 Å². The van der Waals surface area contributed by atoms with Crippen LogP contribution in [0.4, 0.5) is 0 Å². The first-order valence-corrected chi connectivity index (χ1v) is 6.53. The van der Waals surface area contributed by atoms with E-state index in [9.17, 15) is 0 Å². The van der Waals surface area contributed by atoms with Crippen molar-refractivity contribution >= 4 is 0 Å². The van der Waals surface area contributed by atoms with Crippen molar-refractivity contribution in [3.05, 3.63) is 47.7 Å². The quantitative estimate of drug-likeness (QED) is 0.849. The minimum Gasteiger partial charge on any atom is -0.469 e. The van der Waals surface area contributed by atoms with Crippen molar-refractivity contribution in [3.63, 3.8) is 0 Å². The van der Waals surface area contributed by atoms with Crippen LogP contribution >= 0.6 is 0 Å². The molecule has 0 aromatic carbocycles. The number of rotatable bonds is 6. The lowest BCUT2D eigenvalue weighted by Crippen LogP contribution is -2.20. The number of hydrogen-bond acceptors (Lipinski definition) is 2. The molecule has 1 N–H and O–H groups in total. The molecule has 0 atom stereocenters. The molecule has 0 aliphatic heterocycles. The van der Waals surface area contributed by atoms with Crippen molar-refractivity contribution in [2.75, 3.05) is 6.54 Å². The maximum atomic E-state index is 5.39. The Bertz CT molecular complexity index is 469. The molecule has 0 fully saturated rings. The number of aromatic nitrogens is 1. The molecule has 2 aromatic heterocycles. The van der Waals surface area contributed by atoms with Crippen molar-refractivity contribution in [2.24, 2.45) is 13.0 Å². The van der Waals surface area contributed by atoms with E-state index in [-0.39, 0.29) is 0 Å². The van der Waals surface area contributed by atoms with Crippen molar-refractivity contribution < 1.29 is 4.42 Å². The Hall–Kier alpha value is -1.48. The van der Waals surface area contributed by atoms with Crippen molar-refractivity contribution in [2.45, 2.75) is 26.8 Å². The SMILES string of the molecule is CC(C)CNCc1ccc(Cc2ccco2)n1C. The molecular formula is C15H22N2O. The van der Waals surface area contributed by atoms with Crippen molar-refractivity contribution in [1.82, 2.24) is 9.88 Å². The van der Waals surface area contributed by atoms with Gasteiger partial charge >= 0.3 is 0 Å². The van der Waals surface area contributed by atoms with Gasteiger partial charge in [-0.15, -0.1) is 0 Å². The molecule has 0 radical (unpaired) electrons. The molecule has 0 saturated heterocycles. The fourth-order valence-electron chi connectivity index (χ4n) is 2.04. The van der Waals surface area contributed by atoms with Crippen LogP contribution in [0.2, 0.25) is 0 Å². The smallest absolute Gasteiger partial charge is 0.109 e. The highest BCUT2D eigenvalue weighted by Crippen LogP contribution is 2.13. The molecule has 0 spiro atoms. The largest absolute Gasteiger partial charge is 0.469 e. The Balaban J connectivity index is 1.95.